The quantitative estimate of drug-likeness (QED) is 0.614. The average Bonchev–Trinajstić information content (AvgIpc) is 2.99. The zero-order valence-electron chi connectivity index (χ0n) is 20.4. The van der Waals surface area contributed by atoms with Crippen molar-refractivity contribution in [2.75, 3.05) is 48.0 Å². The van der Waals surface area contributed by atoms with Gasteiger partial charge >= 0.3 is 0 Å². The summed E-state index contributed by atoms with van der Waals surface area (Å²) in [6, 6.07) is 10.9. The van der Waals surface area contributed by atoms with E-state index in [1.165, 1.54) is 16.7 Å². The molecule has 1 heterocycles. The van der Waals surface area contributed by atoms with Gasteiger partial charge in [-0.1, -0.05) is 12.1 Å². The van der Waals surface area contributed by atoms with E-state index in [2.05, 4.69) is 30.1 Å². The third-order valence-corrected chi connectivity index (χ3v) is 7.25. The van der Waals surface area contributed by atoms with Crippen LogP contribution >= 0.6 is 0 Å². The predicted molar refractivity (Wildman–Crippen MR) is 130 cm³/mol. The molecule has 6 heteroatoms. The van der Waals surface area contributed by atoms with E-state index in [0.717, 1.165) is 68.8 Å². The molecule has 0 aromatic heterocycles. The average molecular weight is 453 g/mol. The molecule has 33 heavy (non-hydrogen) atoms. The maximum atomic E-state index is 12.9. The Morgan fingerprint density at radius 3 is 2.42 bits per heavy atom. The van der Waals surface area contributed by atoms with Crippen molar-refractivity contribution in [3.05, 3.63) is 52.6 Å². The number of fused-ring (bicyclic) bond motifs is 2. The second-order valence-corrected chi connectivity index (χ2v) is 9.11. The highest BCUT2D eigenvalue weighted by molar-refractivity contribution is 5.80. The lowest BCUT2D eigenvalue weighted by Crippen LogP contribution is -2.39. The molecule has 2 aromatic carbocycles. The first kappa shape index (κ1) is 23.4. The normalized spacial score (nSPS) is 17.9. The summed E-state index contributed by atoms with van der Waals surface area (Å²) in [6.07, 6.45) is 5.51. The molecule has 178 valence electrons. The predicted octanol–water partition coefficient (Wildman–Crippen LogP) is 3.52. The van der Waals surface area contributed by atoms with Gasteiger partial charge in [-0.05, 0) is 86.1 Å². The van der Waals surface area contributed by atoms with E-state index in [9.17, 15) is 4.79 Å². The maximum absolute atomic E-state index is 12.9. The van der Waals surface area contributed by atoms with Crippen molar-refractivity contribution >= 4 is 5.91 Å². The van der Waals surface area contributed by atoms with E-state index in [-0.39, 0.29) is 5.91 Å². The van der Waals surface area contributed by atoms with Gasteiger partial charge in [0, 0.05) is 19.1 Å². The van der Waals surface area contributed by atoms with E-state index in [1.54, 1.807) is 21.3 Å². The first-order valence-corrected chi connectivity index (χ1v) is 11.9. The van der Waals surface area contributed by atoms with Crippen LogP contribution in [-0.2, 0) is 30.5 Å². The van der Waals surface area contributed by atoms with Crippen LogP contribution in [0.2, 0.25) is 0 Å². The van der Waals surface area contributed by atoms with E-state index in [4.69, 9.17) is 14.2 Å². The topological polar surface area (TPSA) is 51.2 Å². The number of hydrogen-bond acceptors (Lipinski definition) is 5. The number of ether oxygens (including phenoxy) is 3. The fourth-order valence-electron chi connectivity index (χ4n) is 5.27. The van der Waals surface area contributed by atoms with E-state index in [1.807, 2.05) is 17.0 Å². The van der Waals surface area contributed by atoms with Crippen molar-refractivity contribution in [3.63, 3.8) is 0 Å². The van der Waals surface area contributed by atoms with Crippen LogP contribution in [0.1, 0.15) is 35.1 Å². The largest absolute Gasteiger partial charge is 0.496 e. The lowest BCUT2D eigenvalue weighted by molar-refractivity contribution is -0.130. The summed E-state index contributed by atoms with van der Waals surface area (Å²) in [6.45, 7) is 2.53. The zero-order valence-corrected chi connectivity index (χ0v) is 20.4. The summed E-state index contributed by atoms with van der Waals surface area (Å²) in [5.41, 5.74) is 5.00. The SMILES string of the molecule is COc1cc2c(cc1OC)CC(=O)N(CCCN(C)C1CCc3c(cccc3OC)C1)CC2. The van der Waals surface area contributed by atoms with Gasteiger partial charge in [0.05, 0.1) is 27.8 Å². The van der Waals surface area contributed by atoms with E-state index >= 15 is 0 Å². The molecular weight excluding hydrogens is 416 g/mol. The Balaban J connectivity index is 1.31. The molecular formula is C27H36N2O4. The molecule has 1 amide bonds. The highest BCUT2D eigenvalue weighted by Gasteiger charge is 2.25. The summed E-state index contributed by atoms with van der Waals surface area (Å²) in [4.78, 5) is 17.4. The van der Waals surface area contributed by atoms with Crippen LogP contribution in [0.15, 0.2) is 30.3 Å². The first-order valence-electron chi connectivity index (χ1n) is 11.9. The molecule has 1 atom stereocenters. The van der Waals surface area contributed by atoms with Gasteiger partial charge in [0.25, 0.3) is 0 Å². The van der Waals surface area contributed by atoms with Crippen LogP contribution in [0, 0.1) is 0 Å². The van der Waals surface area contributed by atoms with Gasteiger partial charge in [0.2, 0.25) is 5.91 Å². The van der Waals surface area contributed by atoms with Crippen LogP contribution in [0.25, 0.3) is 0 Å². The molecule has 0 bridgehead atoms. The van der Waals surface area contributed by atoms with Gasteiger partial charge in [-0.3, -0.25) is 4.79 Å². The molecule has 0 saturated heterocycles. The Labute approximate surface area is 197 Å². The third kappa shape index (κ3) is 5.11. The first-order chi connectivity index (χ1) is 16.0. The fraction of sp³-hybridized carbons (Fsp3) is 0.519. The van der Waals surface area contributed by atoms with Crippen LogP contribution in [0.3, 0.4) is 0 Å². The van der Waals surface area contributed by atoms with Gasteiger partial charge in [0.1, 0.15) is 5.75 Å². The highest BCUT2D eigenvalue weighted by atomic mass is 16.5. The summed E-state index contributed by atoms with van der Waals surface area (Å²) >= 11 is 0. The minimum atomic E-state index is 0.197. The number of benzene rings is 2. The smallest absolute Gasteiger partial charge is 0.227 e. The Kier molecular flexibility index (Phi) is 7.43. The molecule has 0 N–H and O–H groups in total. The minimum absolute atomic E-state index is 0.197. The van der Waals surface area contributed by atoms with Crippen LogP contribution in [0.5, 0.6) is 17.2 Å². The number of carbonyl (C=O) groups excluding carboxylic acids is 1. The molecule has 2 aromatic rings. The summed E-state index contributed by atoms with van der Waals surface area (Å²) < 4.78 is 16.4. The molecule has 1 unspecified atom stereocenters. The fourth-order valence-corrected chi connectivity index (χ4v) is 5.27. The molecule has 4 rings (SSSR count). The molecule has 1 aliphatic heterocycles. The van der Waals surface area contributed by atoms with Gasteiger partial charge in [-0.2, -0.15) is 0 Å². The zero-order chi connectivity index (χ0) is 23.4. The van der Waals surface area contributed by atoms with E-state index < -0.39 is 0 Å². The van der Waals surface area contributed by atoms with Crippen LogP contribution < -0.4 is 14.2 Å². The van der Waals surface area contributed by atoms with Crippen molar-refractivity contribution in [1.82, 2.24) is 9.80 Å². The molecule has 0 fully saturated rings. The number of methoxy groups -OCH3 is 3. The lowest BCUT2D eigenvalue weighted by Gasteiger charge is -2.33. The highest BCUT2D eigenvalue weighted by Crippen LogP contribution is 2.33. The van der Waals surface area contributed by atoms with Crippen LogP contribution in [0.4, 0.5) is 0 Å². The Hall–Kier alpha value is -2.73. The summed E-state index contributed by atoms with van der Waals surface area (Å²) in [5, 5.41) is 0. The summed E-state index contributed by atoms with van der Waals surface area (Å²) in [7, 11) is 7.25. The van der Waals surface area contributed by atoms with Gasteiger partial charge < -0.3 is 24.0 Å². The number of hydrogen-bond donors (Lipinski definition) is 0. The second kappa shape index (κ2) is 10.5. The van der Waals surface area contributed by atoms with Gasteiger partial charge in [-0.15, -0.1) is 0 Å². The van der Waals surface area contributed by atoms with Crippen LogP contribution in [-0.4, -0.2) is 69.8 Å². The van der Waals surface area contributed by atoms with Crippen molar-refractivity contribution in [2.24, 2.45) is 0 Å². The number of rotatable bonds is 8. The minimum Gasteiger partial charge on any atom is -0.496 e. The third-order valence-electron chi connectivity index (χ3n) is 7.25. The van der Waals surface area contributed by atoms with Crippen molar-refractivity contribution < 1.29 is 19.0 Å². The van der Waals surface area contributed by atoms with Crippen molar-refractivity contribution in [1.29, 1.82) is 0 Å². The van der Waals surface area contributed by atoms with E-state index in [0.29, 0.717) is 18.2 Å². The van der Waals surface area contributed by atoms with Crippen molar-refractivity contribution in [2.45, 2.75) is 44.6 Å². The molecule has 6 nitrogen and oxygen atoms in total. The molecule has 2 aliphatic rings. The molecule has 1 aliphatic carbocycles. The Morgan fingerprint density at radius 2 is 1.70 bits per heavy atom. The maximum Gasteiger partial charge on any atom is 0.227 e. The van der Waals surface area contributed by atoms with Crippen molar-refractivity contribution in [3.8, 4) is 17.2 Å². The Bertz CT molecular complexity index is 990. The molecule has 0 radical (unpaired) electrons. The molecule has 0 saturated carbocycles. The number of amides is 1. The monoisotopic (exact) mass is 452 g/mol. The van der Waals surface area contributed by atoms with Gasteiger partial charge in [-0.25, -0.2) is 0 Å². The van der Waals surface area contributed by atoms with Gasteiger partial charge in [0.15, 0.2) is 11.5 Å². The summed E-state index contributed by atoms with van der Waals surface area (Å²) in [5.74, 6) is 2.63. The molecule has 0 spiro atoms. The number of likely N-dealkylation sites (N-methyl/N-ethyl adjacent to an activating group) is 1. The lowest BCUT2D eigenvalue weighted by atomic mass is 9.87. The standard InChI is InChI=1S/C27H36N2O4/c1-28(22-9-10-23-20(15-22)7-5-8-24(23)31-2)12-6-13-29-14-11-19-16-25(32-3)26(33-4)17-21(19)18-27(29)30/h5,7-8,16-17,22H,6,9-15,18H2,1-4H3. The second-order valence-electron chi connectivity index (χ2n) is 9.11. The Morgan fingerprint density at radius 1 is 0.970 bits per heavy atom. The number of carbonyl (C=O) groups is 1. The number of nitrogens with zero attached hydrogens (tertiary/aromatic N) is 2.